The lowest BCUT2D eigenvalue weighted by molar-refractivity contribution is -0.138. The van der Waals surface area contributed by atoms with Gasteiger partial charge in [-0.3, -0.25) is 9.78 Å². The molecule has 0 radical (unpaired) electrons. The first-order valence-electron chi connectivity index (χ1n) is 6.12. The van der Waals surface area contributed by atoms with Crippen LogP contribution in [0.3, 0.4) is 0 Å². The van der Waals surface area contributed by atoms with Gasteiger partial charge in [0.25, 0.3) is 0 Å². The number of hydrogen-bond acceptors (Lipinski definition) is 3. The number of Topliss-reactive ketones (excluding diaryl/α,β-unsaturated/α-hetero) is 1. The number of rotatable bonds is 3. The van der Waals surface area contributed by atoms with Crippen LogP contribution in [0.2, 0.25) is 0 Å². The van der Waals surface area contributed by atoms with E-state index in [4.69, 9.17) is 4.74 Å². The van der Waals surface area contributed by atoms with Crippen molar-refractivity contribution in [2.45, 2.75) is 32.0 Å². The maximum atomic E-state index is 12.9. The molecule has 2 heterocycles. The van der Waals surface area contributed by atoms with Crippen molar-refractivity contribution in [3.63, 3.8) is 0 Å². The fraction of sp³-hybridized carbons (Fsp3) is 0.538. The van der Waals surface area contributed by atoms with Gasteiger partial charge >= 0.3 is 6.18 Å². The average Bonchev–Trinajstić information content (AvgIpc) is 2.85. The van der Waals surface area contributed by atoms with Crippen LogP contribution in [0.1, 0.15) is 35.7 Å². The maximum absolute atomic E-state index is 12.9. The van der Waals surface area contributed by atoms with Gasteiger partial charge < -0.3 is 4.74 Å². The Morgan fingerprint density at radius 1 is 1.53 bits per heavy atom. The molecule has 0 aliphatic carbocycles. The van der Waals surface area contributed by atoms with Gasteiger partial charge in [-0.2, -0.15) is 13.2 Å². The number of aromatic nitrogens is 1. The van der Waals surface area contributed by atoms with Gasteiger partial charge in [-0.1, -0.05) is 6.92 Å². The van der Waals surface area contributed by atoms with Gasteiger partial charge in [0.2, 0.25) is 0 Å². The molecule has 0 aromatic carbocycles. The molecule has 2 atom stereocenters. The number of pyridine rings is 1. The average molecular weight is 273 g/mol. The van der Waals surface area contributed by atoms with Crippen molar-refractivity contribution in [3.8, 4) is 0 Å². The molecule has 2 unspecified atom stereocenters. The highest BCUT2D eigenvalue weighted by Crippen LogP contribution is 2.34. The van der Waals surface area contributed by atoms with E-state index in [1.54, 1.807) is 0 Å². The van der Waals surface area contributed by atoms with Gasteiger partial charge in [-0.15, -0.1) is 0 Å². The number of carbonyl (C=O) groups is 1. The Morgan fingerprint density at radius 3 is 2.89 bits per heavy atom. The Bertz CT molecular complexity index is 473. The van der Waals surface area contributed by atoms with Gasteiger partial charge in [0, 0.05) is 24.6 Å². The first-order valence-corrected chi connectivity index (χ1v) is 6.12. The molecule has 0 bridgehead atoms. The summed E-state index contributed by atoms with van der Waals surface area (Å²) in [5, 5.41) is 0. The van der Waals surface area contributed by atoms with Crippen LogP contribution < -0.4 is 0 Å². The fourth-order valence-corrected chi connectivity index (χ4v) is 2.39. The number of nitrogens with zero attached hydrogens (tertiary/aromatic N) is 1. The molecule has 0 N–H and O–H groups in total. The third kappa shape index (κ3) is 2.78. The number of ether oxygens (including phenoxy) is 1. The van der Waals surface area contributed by atoms with Crippen LogP contribution in [0.4, 0.5) is 13.2 Å². The summed E-state index contributed by atoms with van der Waals surface area (Å²) in [5.41, 5.74) is -1.28. The molecular formula is C13H14F3NO2. The molecule has 1 aromatic rings. The van der Waals surface area contributed by atoms with Crippen LogP contribution in [0.25, 0.3) is 0 Å². The van der Waals surface area contributed by atoms with Gasteiger partial charge in [0.15, 0.2) is 5.78 Å². The van der Waals surface area contributed by atoms with Crippen molar-refractivity contribution in [2.75, 3.05) is 6.61 Å². The monoisotopic (exact) mass is 273 g/mol. The summed E-state index contributed by atoms with van der Waals surface area (Å²) >= 11 is 0. The van der Waals surface area contributed by atoms with Crippen molar-refractivity contribution in [2.24, 2.45) is 5.92 Å². The minimum Gasteiger partial charge on any atom is -0.377 e. The Morgan fingerprint density at radius 2 is 2.26 bits per heavy atom. The predicted molar refractivity (Wildman–Crippen MR) is 61.7 cm³/mol. The zero-order chi connectivity index (χ0) is 14.0. The lowest BCUT2D eigenvalue weighted by atomic mass is 9.89. The fourth-order valence-electron chi connectivity index (χ4n) is 2.39. The van der Waals surface area contributed by atoms with E-state index in [1.807, 2.05) is 6.92 Å². The highest BCUT2D eigenvalue weighted by Gasteiger charge is 2.39. The van der Waals surface area contributed by atoms with E-state index in [0.29, 0.717) is 19.4 Å². The minimum atomic E-state index is -4.55. The summed E-state index contributed by atoms with van der Waals surface area (Å²) in [7, 11) is 0. The number of ketones is 1. The van der Waals surface area contributed by atoms with E-state index < -0.39 is 23.4 Å². The maximum Gasteiger partial charge on any atom is 0.417 e. The van der Waals surface area contributed by atoms with E-state index in [2.05, 4.69) is 4.98 Å². The lowest BCUT2D eigenvalue weighted by Gasteiger charge is -2.18. The largest absolute Gasteiger partial charge is 0.417 e. The summed E-state index contributed by atoms with van der Waals surface area (Å²) in [6, 6.07) is 0.837. The van der Waals surface area contributed by atoms with Crippen LogP contribution >= 0.6 is 0 Å². The zero-order valence-electron chi connectivity index (χ0n) is 10.4. The summed E-state index contributed by atoms with van der Waals surface area (Å²) in [5.74, 6) is -1.03. The number of halogens is 3. The third-order valence-corrected chi connectivity index (χ3v) is 3.34. The van der Waals surface area contributed by atoms with Gasteiger partial charge in [0.05, 0.1) is 17.6 Å². The number of hydrogen-bond donors (Lipinski definition) is 0. The molecule has 6 heteroatoms. The van der Waals surface area contributed by atoms with E-state index in [9.17, 15) is 18.0 Å². The molecule has 1 aliphatic rings. The highest BCUT2D eigenvalue weighted by atomic mass is 19.4. The zero-order valence-corrected chi connectivity index (χ0v) is 10.4. The molecule has 0 spiro atoms. The molecule has 2 rings (SSSR count). The summed E-state index contributed by atoms with van der Waals surface area (Å²) in [6.45, 7) is 2.26. The van der Waals surface area contributed by atoms with E-state index >= 15 is 0 Å². The smallest absolute Gasteiger partial charge is 0.377 e. The molecule has 1 aromatic heterocycles. The molecule has 0 saturated carbocycles. The highest BCUT2D eigenvalue weighted by molar-refractivity contribution is 5.99. The second-order valence-corrected chi connectivity index (χ2v) is 4.50. The lowest BCUT2D eigenvalue weighted by Crippen LogP contribution is -2.26. The molecule has 19 heavy (non-hydrogen) atoms. The van der Waals surface area contributed by atoms with Crippen LogP contribution in [-0.2, 0) is 10.9 Å². The molecular weight excluding hydrogens is 259 g/mol. The first kappa shape index (κ1) is 14.0. The second kappa shape index (κ2) is 5.28. The van der Waals surface area contributed by atoms with Crippen molar-refractivity contribution in [1.82, 2.24) is 4.98 Å². The SMILES string of the molecule is CCC1OCCC1C(=O)c1cnccc1C(F)(F)F. The van der Waals surface area contributed by atoms with Crippen LogP contribution in [0.5, 0.6) is 0 Å². The topological polar surface area (TPSA) is 39.2 Å². The first-order chi connectivity index (χ1) is 8.95. The Labute approximate surface area is 108 Å². The molecule has 104 valence electrons. The van der Waals surface area contributed by atoms with Crippen molar-refractivity contribution >= 4 is 5.78 Å². The van der Waals surface area contributed by atoms with Crippen molar-refractivity contribution in [1.29, 1.82) is 0 Å². The van der Waals surface area contributed by atoms with Crippen molar-refractivity contribution in [3.05, 3.63) is 29.6 Å². The number of alkyl halides is 3. The second-order valence-electron chi connectivity index (χ2n) is 4.50. The van der Waals surface area contributed by atoms with Gasteiger partial charge in [0.1, 0.15) is 0 Å². The Kier molecular flexibility index (Phi) is 3.89. The van der Waals surface area contributed by atoms with E-state index in [0.717, 1.165) is 18.5 Å². The Hall–Kier alpha value is -1.43. The van der Waals surface area contributed by atoms with E-state index in [-0.39, 0.29) is 11.7 Å². The van der Waals surface area contributed by atoms with Crippen LogP contribution in [-0.4, -0.2) is 23.5 Å². The van der Waals surface area contributed by atoms with Gasteiger partial charge in [-0.25, -0.2) is 0 Å². The normalized spacial score (nSPS) is 23.6. The molecule has 0 amide bonds. The van der Waals surface area contributed by atoms with Crippen molar-refractivity contribution < 1.29 is 22.7 Å². The molecule has 1 saturated heterocycles. The van der Waals surface area contributed by atoms with E-state index in [1.165, 1.54) is 0 Å². The molecule has 1 fully saturated rings. The summed E-state index contributed by atoms with van der Waals surface area (Å²) in [6.07, 6.45) is -1.73. The van der Waals surface area contributed by atoms with Crippen LogP contribution in [0.15, 0.2) is 18.5 Å². The minimum absolute atomic E-state index is 0.297. The van der Waals surface area contributed by atoms with Crippen LogP contribution in [0, 0.1) is 5.92 Å². The summed E-state index contributed by atoms with van der Waals surface area (Å²) < 4.78 is 44.0. The Balaban J connectivity index is 2.34. The summed E-state index contributed by atoms with van der Waals surface area (Å²) in [4.78, 5) is 15.9. The quantitative estimate of drug-likeness (QED) is 0.794. The molecule has 1 aliphatic heterocycles. The van der Waals surface area contributed by atoms with Gasteiger partial charge in [-0.05, 0) is 18.9 Å². The molecule has 3 nitrogen and oxygen atoms in total. The predicted octanol–water partition coefficient (Wildman–Crippen LogP) is 3.10. The standard InChI is InChI=1S/C13H14F3NO2/c1-2-11-8(4-6-19-11)12(18)9-7-17-5-3-10(9)13(14,15)16/h3,5,7-8,11H,2,4,6H2,1H3. The third-order valence-electron chi connectivity index (χ3n) is 3.34. The number of carbonyl (C=O) groups excluding carboxylic acids is 1.